The Balaban J connectivity index is 1.60. The fourth-order valence-corrected chi connectivity index (χ4v) is 6.62. The minimum Gasteiger partial charge on any atom is -0.455 e. The van der Waals surface area contributed by atoms with Crippen LogP contribution in [0, 0.1) is 11.6 Å². The fraction of sp³-hybridized carbons (Fsp3) is 0.361. The van der Waals surface area contributed by atoms with Crippen molar-refractivity contribution in [3.63, 3.8) is 0 Å². The van der Waals surface area contributed by atoms with Gasteiger partial charge in [-0.25, -0.2) is 22.0 Å². The van der Waals surface area contributed by atoms with E-state index < -0.39 is 57.1 Å². The molecule has 1 saturated heterocycles. The van der Waals surface area contributed by atoms with Crippen molar-refractivity contribution >= 4 is 44.6 Å². The summed E-state index contributed by atoms with van der Waals surface area (Å²) in [6.45, 7) is 5.39. The van der Waals surface area contributed by atoms with Crippen molar-refractivity contribution in [3.8, 4) is 11.3 Å². The van der Waals surface area contributed by atoms with E-state index in [4.69, 9.17) is 9.15 Å². The van der Waals surface area contributed by atoms with Crippen LogP contribution in [0.25, 0.3) is 22.3 Å². The van der Waals surface area contributed by atoms with E-state index in [2.05, 4.69) is 10.6 Å². The molecule has 1 aliphatic heterocycles. The number of rotatable bonds is 8. The van der Waals surface area contributed by atoms with Crippen molar-refractivity contribution in [3.05, 3.63) is 89.0 Å². The molecule has 1 fully saturated rings. The van der Waals surface area contributed by atoms with E-state index in [0.717, 1.165) is 10.6 Å². The second kappa shape index (κ2) is 14.1. The molecule has 14 heteroatoms. The molecule has 3 amide bonds. The molecule has 3 aromatic carbocycles. The standard InChI is InChI=1S/C36H40F2N4O7S/c1-36(2,3)49-35(45)40-31(24-11-7-8-12-27(24)38)34(44)42-17-9-10-22(20-42)25-18-26-29(19-28(25)41(5)50(6,46)47)48-32(30(26)33(43)39-4)21-13-15-23(37)16-14-21/h7-8,11-16,18-19,22,31H,9-10,17,20H2,1-6H3,(H,39,43)(H,40,45)/t22?,31-/m1/s1. The van der Waals surface area contributed by atoms with Crippen LogP contribution >= 0.6 is 0 Å². The third kappa shape index (κ3) is 7.75. The van der Waals surface area contributed by atoms with Gasteiger partial charge in [-0.15, -0.1) is 0 Å². The highest BCUT2D eigenvalue weighted by Gasteiger charge is 2.36. The Hall–Kier alpha value is -4.98. The van der Waals surface area contributed by atoms with E-state index in [0.29, 0.717) is 35.9 Å². The summed E-state index contributed by atoms with van der Waals surface area (Å²) in [5, 5.41) is 5.55. The lowest BCUT2D eigenvalue weighted by atomic mass is 9.87. The number of sulfonamides is 1. The minimum atomic E-state index is -3.79. The average molecular weight is 711 g/mol. The Bertz CT molecular complexity index is 2040. The summed E-state index contributed by atoms with van der Waals surface area (Å²) in [4.78, 5) is 41.8. The molecule has 1 aliphatic rings. The molecule has 0 radical (unpaired) electrons. The van der Waals surface area contributed by atoms with Crippen LogP contribution in [0.1, 0.15) is 67.1 Å². The number of ether oxygens (including phenoxy) is 1. The lowest BCUT2D eigenvalue weighted by Gasteiger charge is -2.37. The zero-order chi connectivity index (χ0) is 36.5. The van der Waals surface area contributed by atoms with Crippen molar-refractivity contribution in [2.45, 2.75) is 51.2 Å². The fourth-order valence-electron chi connectivity index (χ4n) is 6.10. The van der Waals surface area contributed by atoms with Gasteiger partial charge in [0.1, 0.15) is 34.6 Å². The first-order valence-electron chi connectivity index (χ1n) is 16.0. The molecule has 2 heterocycles. The van der Waals surface area contributed by atoms with Gasteiger partial charge in [0.05, 0.1) is 17.5 Å². The molecule has 2 atom stereocenters. The van der Waals surface area contributed by atoms with Crippen LogP contribution in [0.4, 0.5) is 19.3 Å². The molecule has 50 heavy (non-hydrogen) atoms. The summed E-state index contributed by atoms with van der Waals surface area (Å²) in [5.41, 5.74) is 0.733. The van der Waals surface area contributed by atoms with Crippen LogP contribution in [0.5, 0.6) is 0 Å². The Labute approximate surface area is 289 Å². The Morgan fingerprint density at radius 3 is 2.36 bits per heavy atom. The van der Waals surface area contributed by atoms with E-state index >= 15 is 4.39 Å². The van der Waals surface area contributed by atoms with Crippen LogP contribution in [-0.2, 0) is 19.6 Å². The quantitative estimate of drug-likeness (QED) is 0.225. The van der Waals surface area contributed by atoms with Crippen molar-refractivity contribution in [1.29, 1.82) is 0 Å². The number of nitrogens with zero attached hydrogens (tertiary/aromatic N) is 2. The number of carbonyl (C=O) groups is 3. The third-order valence-electron chi connectivity index (χ3n) is 8.53. The third-order valence-corrected chi connectivity index (χ3v) is 9.72. The number of furan rings is 1. The van der Waals surface area contributed by atoms with Gasteiger partial charge in [-0.1, -0.05) is 18.2 Å². The van der Waals surface area contributed by atoms with Gasteiger partial charge in [0.25, 0.3) is 5.91 Å². The van der Waals surface area contributed by atoms with E-state index in [1.807, 2.05) is 0 Å². The van der Waals surface area contributed by atoms with Crippen LogP contribution in [0.2, 0.25) is 0 Å². The highest BCUT2D eigenvalue weighted by Crippen LogP contribution is 2.42. The average Bonchev–Trinajstić information content (AvgIpc) is 3.43. The second-order valence-corrected chi connectivity index (χ2v) is 15.3. The number of halogens is 2. The number of piperidine rings is 1. The van der Waals surface area contributed by atoms with E-state index in [1.54, 1.807) is 32.9 Å². The molecule has 4 aromatic rings. The highest BCUT2D eigenvalue weighted by molar-refractivity contribution is 7.92. The summed E-state index contributed by atoms with van der Waals surface area (Å²) in [7, 11) is -0.933. The van der Waals surface area contributed by atoms with Crippen molar-refractivity contribution in [1.82, 2.24) is 15.5 Å². The molecular weight excluding hydrogens is 670 g/mol. The molecule has 1 unspecified atom stereocenters. The SMILES string of the molecule is CNC(=O)c1c(-c2ccc(F)cc2)oc2cc(N(C)S(C)(=O)=O)c(C3CCCN(C(=O)[C@H](NC(=O)OC(C)(C)C)c4ccccc4F)C3)cc12. The van der Waals surface area contributed by atoms with Gasteiger partial charge in [-0.2, -0.15) is 0 Å². The Morgan fingerprint density at radius 2 is 1.74 bits per heavy atom. The summed E-state index contributed by atoms with van der Waals surface area (Å²) in [5.74, 6) is -2.47. The molecule has 266 valence electrons. The number of benzene rings is 3. The summed E-state index contributed by atoms with van der Waals surface area (Å²) in [6, 6.07) is 12.9. The van der Waals surface area contributed by atoms with Gasteiger partial charge in [0, 0.05) is 55.7 Å². The number of likely N-dealkylation sites (tertiary alicyclic amines) is 1. The lowest BCUT2D eigenvalue weighted by Crippen LogP contribution is -2.47. The topological polar surface area (TPSA) is 138 Å². The number of amides is 3. The first kappa shape index (κ1) is 36.3. The molecule has 5 rings (SSSR count). The van der Waals surface area contributed by atoms with Crippen molar-refractivity contribution in [2.75, 3.05) is 37.7 Å². The molecule has 0 spiro atoms. The van der Waals surface area contributed by atoms with E-state index in [-0.39, 0.29) is 34.7 Å². The number of hydrogen-bond donors (Lipinski definition) is 2. The number of anilines is 1. The summed E-state index contributed by atoms with van der Waals surface area (Å²) < 4.78 is 67.3. The van der Waals surface area contributed by atoms with Gasteiger partial charge in [-0.05, 0) is 75.6 Å². The van der Waals surface area contributed by atoms with Gasteiger partial charge in [0.15, 0.2) is 0 Å². The maximum absolute atomic E-state index is 15.1. The number of carbonyl (C=O) groups excluding carboxylic acids is 3. The predicted molar refractivity (Wildman–Crippen MR) is 185 cm³/mol. The van der Waals surface area contributed by atoms with Gasteiger partial charge in [-0.3, -0.25) is 13.9 Å². The van der Waals surface area contributed by atoms with Crippen LogP contribution in [-0.4, -0.2) is 70.3 Å². The zero-order valence-corrected chi connectivity index (χ0v) is 29.5. The maximum atomic E-state index is 15.1. The first-order chi connectivity index (χ1) is 23.5. The molecule has 2 N–H and O–H groups in total. The Kier molecular flexibility index (Phi) is 10.2. The van der Waals surface area contributed by atoms with Crippen LogP contribution in [0.15, 0.2) is 65.1 Å². The molecular formula is C36H40F2N4O7S. The van der Waals surface area contributed by atoms with E-state index in [9.17, 15) is 27.2 Å². The number of nitrogens with one attached hydrogen (secondary N) is 2. The summed E-state index contributed by atoms with van der Waals surface area (Å²) in [6.07, 6.45) is 1.21. The minimum absolute atomic E-state index is 0.0358. The van der Waals surface area contributed by atoms with E-state index in [1.165, 1.54) is 67.5 Å². The normalized spacial score (nSPS) is 15.8. The molecule has 0 bridgehead atoms. The number of fused-ring (bicyclic) bond motifs is 1. The molecule has 1 aromatic heterocycles. The molecule has 0 aliphatic carbocycles. The van der Waals surface area contributed by atoms with Crippen LogP contribution in [0.3, 0.4) is 0 Å². The zero-order valence-electron chi connectivity index (χ0n) is 28.7. The second-order valence-electron chi connectivity index (χ2n) is 13.3. The highest BCUT2D eigenvalue weighted by atomic mass is 32.2. The van der Waals surface area contributed by atoms with Gasteiger partial charge >= 0.3 is 6.09 Å². The monoisotopic (exact) mass is 710 g/mol. The van der Waals surface area contributed by atoms with Crippen molar-refractivity contribution in [2.24, 2.45) is 0 Å². The smallest absolute Gasteiger partial charge is 0.408 e. The first-order valence-corrected chi connectivity index (χ1v) is 17.9. The predicted octanol–water partition coefficient (Wildman–Crippen LogP) is 6.11. The largest absolute Gasteiger partial charge is 0.455 e. The van der Waals surface area contributed by atoms with Crippen LogP contribution < -0.4 is 14.9 Å². The molecule has 0 saturated carbocycles. The van der Waals surface area contributed by atoms with Gasteiger partial charge in [0.2, 0.25) is 15.9 Å². The number of alkyl carbamates (subject to hydrolysis) is 1. The summed E-state index contributed by atoms with van der Waals surface area (Å²) >= 11 is 0. The van der Waals surface area contributed by atoms with Gasteiger partial charge < -0.3 is 24.7 Å². The molecule has 11 nitrogen and oxygen atoms in total. The maximum Gasteiger partial charge on any atom is 0.408 e. The Morgan fingerprint density at radius 1 is 1.06 bits per heavy atom. The lowest BCUT2D eigenvalue weighted by molar-refractivity contribution is -0.135. The number of hydrogen-bond acceptors (Lipinski definition) is 7. The van der Waals surface area contributed by atoms with Crippen molar-refractivity contribution < 1.29 is 40.7 Å².